The maximum Gasteiger partial charge on any atom is 0.159 e. The van der Waals surface area contributed by atoms with Crippen molar-refractivity contribution >= 4 is 0 Å². The van der Waals surface area contributed by atoms with Gasteiger partial charge >= 0.3 is 0 Å². The minimum atomic E-state index is -0.949. The minimum Gasteiger partial charge on any atom is -0.491 e. The first-order chi connectivity index (χ1) is 18.1. The maximum absolute atomic E-state index is 14.0. The van der Waals surface area contributed by atoms with Crippen LogP contribution in [0.1, 0.15) is 90.5 Å². The number of hydrogen-bond donors (Lipinski definition) is 0. The highest BCUT2D eigenvalue weighted by atomic mass is 19.1. The Labute approximate surface area is 223 Å². The summed E-state index contributed by atoms with van der Waals surface area (Å²) in [5.74, 6) is 1.41. The Hall–Kier alpha value is -2.75. The molecule has 200 valence electrons. The second-order valence-electron chi connectivity index (χ2n) is 10.3. The van der Waals surface area contributed by atoms with Crippen LogP contribution in [0.5, 0.6) is 5.75 Å². The van der Waals surface area contributed by atoms with Crippen LogP contribution in [0.15, 0.2) is 60.9 Å². The normalized spacial score (nSPS) is 12.9. The highest BCUT2D eigenvalue weighted by Gasteiger charge is 2.15. The Balaban J connectivity index is 1.43. The van der Waals surface area contributed by atoms with Crippen molar-refractivity contribution in [3.05, 3.63) is 66.5 Å². The first kappa shape index (κ1) is 28.8. The van der Waals surface area contributed by atoms with E-state index in [9.17, 15) is 4.39 Å². The zero-order valence-electron chi connectivity index (χ0n) is 23.1. The molecule has 1 aromatic heterocycles. The summed E-state index contributed by atoms with van der Waals surface area (Å²) < 4.78 is 19.6. The van der Waals surface area contributed by atoms with Crippen LogP contribution >= 0.6 is 0 Å². The number of halogens is 1. The Morgan fingerprint density at radius 2 is 1.27 bits per heavy atom. The van der Waals surface area contributed by atoms with E-state index in [1.165, 1.54) is 63.4 Å². The van der Waals surface area contributed by atoms with Gasteiger partial charge < -0.3 is 4.74 Å². The molecule has 0 saturated heterocycles. The average Bonchev–Trinajstić information content (AvgIpc) is 2.95. The molecule has 0 bridgehead atoms. The number of nitrogens with zero attached hydrogens (tertiary/aromatic N) is 2. The molecule has 0 amide bonds. The average molecular weight is 505 g/mol. The lowest BCUT2D eigenvalue weighted by Gasteiger charge is -2.15. The van der Waals surface area contributed by atoms with E-state index in [1.54, 1.807) is 0 Å². The molecule has 0 fully saturated rings. The quantitative estimate of drug-likeness (QED) is 0.172. The van der Waals surface area contributed by atoms with E-state index in [0.29, 0.717) is 5.75 Å². The molecular weight excluding hydrogens is 459 g/mol. The lowest BCUT2D eigenvalue weighted by Crippen LogP contribution is -2.20. The third-order valence-corrected chi connectivity index (χ3v) is 7.29. The summed E-state index contributed by atoms with van der Waals surface area (Å²) in [4.78, 5) is 9.19. The van der Waals surface area contributed by atoms with Gasteiger partial charge in [0.1, 0.15) is 18.5 Å². The fourth-order valence-electron chi connectivity index (χ4n) is 4.43. The standard InChI is InChI=1S/C33H45FN2O/c1-4-6-7-8-9-10-11-12-13-14-27-15-17-29(18-16-27)33-35-23-30(24-36-33)28-19-21-31(22-20-28)37-25-32(34)26(3)5-2/h15-24,26,32H,4-14,25H2,1-3H3. The van der Waals surface area contributed by atoms with Crippen molar-refractivity contribution in [2.45, 2.75) is 97.6 Å². The van der Waals surface area contributed by atoms with E-state index >= 15 is 0 Å². The number of rotatable bonds is 17. The molecule has 0 aliphatic rings. The fourth-order valence-corrected chi connectivity index (χ4v) is 4.43. The summed E-state index contributed by atoms with van der Waals surface area (Å²) in [7, 11) is 0. The van der Waals surface area contributed by atoms with E-state index in [-0.39, 0.29) is 12.5 Å². The van der Waals surface area contributed by atoms with E-state index in [1.807, 2.05) is 50.5 Å². The molecule has 0 N–H and O–H groups in total. The number of unbranched alkanes of at least 4 members (excludes halogenated alkanes) is 8. The van der Waals surface area contributed by atoms with Gasteiger partial charge in [-0.15, -0.1) is 0 Å². The molecule has 2 aromatic carbocycles. The summed E-state index contributed by atoms with van der Waals surface area (Å²) >= 11 is 0. The van der Waals surface area contributed by atoms with Gasteiger partial charge in [-0.3, -0.25) is 0 Å². The Kier molecular flexibility index (Phi) is 12.6. The SMILES string of the molecule is CCCCCCCCCCCc1ccc(-c2ncc(-c3ccc(OCC(F)C(C)CC)cc3)cn2)cc1. The zero-order valence-corrected chi connectivity index (χ0v) is 23.1. The predicted molar refractivity (Wildman–Crippen MR) is 154 cm³/mol. The number of ether oxygens (including phenoxy) is 1. The molecule has 0 saturated carbocycles. The first-order valence-corrected chi connectivity index (χ1v) is 14.4. The van der Waals surface area contributed by atoms with Crippen molar-refractivity contribution in [3.8, 4) is 28.3 Å². The molecule has 3 nitrogen and oxygen atoms in total. The van der Waals surface area contributed by atoms with Crippen molar-refractivity contribution in [1.29, 1.82) is 0 Å². The van der Waals surface area contributed by atoms with Crippen molar-refractivity contribution in [2.24, 2.45) is 5.92 Å². The molecule has 0 radical (unpaired) electrons. The summed E-state index contributed by atoms with van der Waals surface area (Å²) in [6, 6.07) is 16.3. The van der Waals surface area contributed by atoms with Gasteiger partial charge in [-0.2, -0.15) is 0 Å². The second-order valence-corrected chi connectivity index (χ2v) is 10.3. The van der Waals surface area contributed by atoms with Crippen LogP contribution in [0.3, 0.4) is 0 Å². The van der Waals surface area contributed by atoms with Crippen LogP contribution in [0.25, 0.3) is 22.5 Å². The third-order valence-electron chi connectivity index (χ3n) is 7.29. The van der Waals surface area contributed by atoms with Gasteiger partial charge in [0, 0.05) is 23.5 Å². The van der Waals surface area contributed by atoms with Crippen LogP contribution in [0, 0.1) is 5.92 Å². The molecule has 2 atom stereocenters. The number of benzene rings is 2. The molecule has 0 aliphatic carbocycles. The van der Waals surface area contributed by atoms with Crippen molar-refractivity contribution < 1.29 is 9.13 Å². The number of aryl methyl sites for hydroxylation is 1. The van der Waals surface area contributed by atoms with Crippen molar-refractivity contribution in [1.82, 2.24) is 9.97 Å². The van der Waals surface area contributed by atoms with Crippen LogP contribution in [-0.4, -0.2) is 22.7 Å². The summed E-state index contributed by atoms with van der Waals surface area (Å²) in [5, 5.41) is 0. The molecule has 0 aliphatic heterocycles. The van der Waals surface area contributed by atoms with E-state index in [0.717, 1.165) is 35.4 Å². The first-order valence-electron chi connectivity index (χ1n) is 14.4. The van der Waals surface area contributed by atoms with Gasteiger partial charge in [0.25, 0.3) is 0 Å². The van der Waals surface area contributed by atoms with E-state index < -0.39 is 6.17 Å². The highest BCUT2D eigenvalue weighted by molar-refractivity contribution is 5.64. The van der Waals surface area contributed by atoms with Gasteiger partial charge in [0.05, 0.1) is 0 Å². The zero-order chi connectivity index (χ0) is 26.3. The molecule has 3 aromatic rings. The van der Waals surface area contributed by atoms with E-state index in [4.69, 9.17) is 4.74 Å². The molecule has 0 spiro atoms. The molecule has 1 heterocycles. The fraction of sp³-hybridized carbons (Fsp3) is 0.515. The van der Waals surface area contributed by atoms with Gasteiger partial charge in [-0.1, -0.05) is 115 Å². The Morgan fingerprint density at radius 1 is 0.703 bits per heavy atom. The number of aromatic nitrogens is 2. The molecule has 3 rings (SSSR count). The van der Waals surface area contributed by atoms with Gasteiger partial charge in [0.2, 0.25) is 0 Å². The van der Waals surface area contributed by atoms with Gasteiger partial charge in [-0.05, 0) is 42.0 Å². The predicted octanol–water partition coefficient (Wildman–Crippen LogP) is 9.65. The van der Waals surface area contributed by atoms with Gasteiger partial charge in [0.15, 0.2) is 5.82 Å². The van der Waals surface area contributed by atoms with Crippen molar-refractivity contribution in [2.75, 3.05) is 6.61 Å². The van der Waals surface area contributed by atoms with E-state index in [2.05, 4.69) is 41.2 Å². The van der Waals surface area contributed by atoms with Gasteiger partial charge in [-0.25, -0.2) is 14.4 Å². The molecule has 2 unspecified atom stereocenters. The summed E-state index contributed by atoms with van der Waals surface area (Å²) in [5.41, 5.74) is 4.37. The highest BCUT2D eigenvalue weighted by Crippen LogP contribution is 2.24. The lowest BCUT2D eigenvalue weighted by molar-refractivity contribution is 0.145. The van der Waals surface area contributed by atoms with Crippen LogP contribution in [-0.2, 0) is 6.42 Å². The largest absolute Gasteiger partial charge is 0.491 e. The topological polar surface area (TPSA) is 35.0 Å². The van der Waals surface area contributed by atoms with Crippen LogP contribution in [0.4, 0.5) is 4.39 Å². The third kappa shape index (κ3) is 9.91. The second kappa shape index (κ2) is 16.2. The molecular formula is C33H45FN2O. The molecule has 4 heteroatoms. The molecule has 37 heavy (non-hydrogen) atoms. The summed E-state index contributed by atoms with van der Waals surface area (Å²) in [6.45, 7) is 6.26. The van der Waals surface area contributed by atoms with Crippen LogP contribution in [0.2, 0.25) is 0 Å². The van der Waals surface area contributed by atoms with Crippen LogP contribution < -0.4 is 4.74 Å². The number of alkyl halides is 1. The number of hydrogen-bond acceptors (Lipinski definition) is 3. The Bertz CT molecular complexity index is 1000. The minimum absolute atomic E-state index is 0.00542. The van der Waals surface area contributed by atoms with Crippen molar-refractivity contribution in [3.63, 3.8) is 0 Å². The monoisotopic (exact) mass is 504 g/mol. The summed E-state index contributed by atoms with van der Waals surface area (Å²) in [6.07, 6.45) is 16.9. The maximum atomic E-state index is 14.0. The smallest absolute Gasteiger partial charge is 0.159 e. The lowest BCUT2D eigenvalue weighted by atomic mass is 10.0. The Morgan fingerprint density at radius 3 is 1.86 bits per heavy atom.